The molecule has 0 bridgehead atoms. The highest BCUT2D eigenvalue weighted by Gasteiger charge is 2.15. The molecule has 0 saturated heterocycles. The van der Waals surface area contributed by atoms with Gasteiger partial charge in [-0.3, -0.25) is 4.79 Å². The lowest BCUT2D eigenvalue weighted by atomic mass is 10.3. The number of hydrogen-bond donors (Lipinski definition) is 2. The number of benzene rings is 1. The summed E-state index contributed by atoms with van der Waals surface area (Å²) in [6.45, 7) is 3.49. The van der Waals surface area contributed by atoms with E-state index in [9.17, 15) is 13.2 Å². The molecule has 0 aliphatic carbocycles. The second-order valence-corrected chi connectivity index (χ2v) is 6.45. The van der Waals surface area contributed by atoms with Crippen LogP contribution in [0.1, 0.15) is 24.4 Å². The van der Waals surface area contributed by atoms with Crippen molar-refractivity contribution in [3.8, 4) is 0 Å². The number of carbonyl (C=O) groups excluding carboxylic acids is 1. The van der Waals surface area contributed by atoms with E-state index in [4.69, 9.17) is 4.42 Å². The van der Waals surface area contributed by atoms with Gasteiger partial charge in [0.2, 0.25) is 10.0 Å². The van der Waals surface area contributed by atoms with Crippen molar-refractivity contribution in [1.29, 1.82) is 0 Å². The summed E-state index contributed by atoms with van der Waals surface area (Å²) >= 11 is 0. The molecule has 1 aromatic heterocycles. The molecule has 0 unspecified atom stereocenters. The summed E-state index contributed by atoms with van der Waals surface area (Å²) in [4.78, 5) is 11.9. The molecule has 0 fully saturated rings. The van der Waals surface area contributed by atoms with Crippen molar-refractivity contribution in [2.45, 2.75) is 24.8 Å². The minimum Gasteiger partial charge on any atom is -0.459 e. The van der Waals surface area contributed by atoms with Crippen molar-refractivity contribution in [3.63, 3.8) is 0 Å². The minimum absolute atomic E-state index is 0.146. The van der Waals surface area contributed by atoms with Crippen molar-refractivity contribution < 1.29 is 17.6 Å². The Bertz CT molecular complexity index is 704. The summed E-state index contributed by atoms with van der Waals surface area (Å²) < 4.78 is 31.4. The Morgan fingerprint density at radius 1 is 1.14 bits per heavy atom. The summed E-state index contributed by atoms with van der Waals surface area (Å²) in [5, 5.41) is 2.62. The smallest absolute Gasteiger partial charge is 0.291 e. The molecule has 0 aliphatic heterocycles. The minimum atomic E-state index is -3.53. The molecular formula is C14H16N2O4S. The topological polar surface area (TPSA) is 88.4 Å². The van der Waals surface area contributed by atoms with E-state index in [2.05, 4.69) is 10.0 Å². The van der Waals surface area contributed by atoms with Crippen LogP contribution in [0.4, 0.5) is 5.69 Å². The van der Waals surface area contributed by atoms with Gasteiger partial charge in [0, 0.05) is 11.7 Å². The monoisotopic (exact) mass is 308 g/mol. The van der Waals surface area contributed by atoms with Gasteiger partial charge in [-0.25, -0.2) is 13.1 Å². The lowest BCUT2D eigenvalue weighted by molar-refractivity contribution is 0.0996. The molecule has 6 nitrogen and oxygen atoms in total. The van der Waals surface area contributed by atoms with Crippen molar-refractivity contribution in [2.75, 3.05) is 5.32 Å². The molecule has 112 valence electrons. The zero-order valence-corrected chi connectivity index (χ0v) is 12.5. The van der Waals surface area contributed by atoms with Crippen LogP contribution in [0.15, 0.2) is 52.0 Å². The summed E-state index contributed by atoms with van der Waals surface area (Å²) in [6, 6.07) is 8.88. The van der Waals surface area contributed by atoms with Crippen LogP contribution in [0.3, 0.4) is 0 Å². The number of amides is 1. The summed E-state index contributed by atoms with van der Waals surface area (Å²) in [5.41, 5.74) is 0.486. The molecule has 1 amide bonds. The zero-order chi connectivity index (χ0) is 15.5. The Morgan fingerprint density at radius 2 is 1.81 bits per heavy atom. The number of furan rings is 1. The molecule has 0 aliphatic rings. The van der Waals surface area contributed by atoms with Gasteiger partial charge in [-0.2, -0.15) is 0 Å². The first-order valence-corrected chi connectivity index (χ1v) is 7.84. The average Bonchev–Trinajstić information content (AvgIpc) is 2.91. The van der Waals surface area contributed by atoms with E-state index in [0.29, 0.717) is 5.69 Å². The molecule has 0 radical (unpaired) electrons. The highest BCUT2D eigenvalue weighted by Crippen LogP contribution is 2.15. The molecule has 1 heterocycles. The van der Waals surface area contributed by atoms with E-state index < -0.39 is 15.9 Å². The average molecular weight is 308 g/mol. The van der Waals surface area contributed by atoms with Gasteiger partial charge in [0.1, 0.15) is 0 Å². The first-order valence-electron chi connectivity index (χ1n) is 6.36. The normalized spacial score (nSPS) is 11.6. The number of anilines is 1. The second kappa shape index (κ2) is 6.11. The molecule has 0 spiro atoms. The first-order chi connectivity index (χ1) is 9.88. The van der Waals surface area contributed by atoms with Gasteiger partial charge in [0.05, 0.1) is 11.2 Å². The van der Waals surface area contributed by atoms with Crippen LogP contribution in [0, 0.1) is 0 Å². The van der Waals surface area contributed by atoms with E-state index in [-0.39, 0.29) is 16.7 Å². The molecule has 2 N–H and O–H groups in total. The van der Waals surface area contributed by atoms with Gasteiger partial charge >= 0.3 is 0 Å². The highest BCUT2D eigenvalue weighted by atomic mass is 32.2. The van der Waals surface area contributed by atoms with Crippen LogP contribution in [0.25, 0.3) is 0 Å². The van der Waals surface area contributed by atoms with Crippen molar-refractivity contribution in [3.05, 3.63) is 48.4 Å². The van der Waals surface area contributed by atoms with E-state index in [1.807, 2.05) is 0 Å². The second-order valence-electron chi connectivity index (χ2n) is 4.73. The molecule has 2 aromatic rings. The van der Waals surface area contributed by atoms with Gasteiger partial charge in [-0.1, -0.05) is 0 Å². The van der Waals surface area contributed by atoms with Crippen LogP contribution < -0.4 is 10.0 Å². The van der Waals surface area contributed by atoms with Crippen LogP contribution in [0.2, 0.25) is 0 Å². The van der Waals surface area contributed by atoms with Gasteiger partial charge < -0.3 is 9.73 Å². The summed E-state index contributed by atoms with van der Waals surface area (Å²) in [5.74, 6) is -0.205. The first kappa shape index (κ1) is 15.3. The Labute approximate surface area is 123 Å². The number of hydrogen-bond acceptors (Lipinski definition) is 4. The van der Waals surface area contributed by atoms with E-state index in [0.717, 1.165) is 0 Å². The van der Waals surface area contributed by atoms with E-state index in [1.165, 1.54) is 30.5 Å². The van der Waals surface area contributed by atoms with Gasteiger partial charge in [0.25, 0.3) is 5.91 Å². The molecule has 0 atom stereocenters. The molecule has 7 heteroatoms. The Kier molecular flexibility index (Phi) is 4.44. The van der Waals surface area contributed by atoms with E-state index >= 15 is 0 Å². The molecule has 2 rings (SSSR count). The van der Waals surface area contributed by atoms with Crippen LogP contribution in [0.5, 0.6) is 0 Å². The predicted octanol–water partition coefficient (Wildman–Crippen LogP) is 2.22. The highest BCUT2D eigenvalue weighted by molar-refractivity contribution is 7.89. The Morgan fingerprint density at radius 3 is 2.33 bits per heavy atom. The molecular weight excluding hydrogens is 292 g/mol. The fraction of sp³-hybridized carbons (Fsp3) is 0.214. The third-order valence-corrected chi connectivity index (χ3v) is 4.23. The maximum Gasteiger partial charge on any atom is 0.291 e. The Balaban J connectivity index is 2.11. The number of rotatable bonds is 5. The molecule has 0 saturated carbocycles. The zero-order valence-electron chi connectivity index (χ0n) is 11.7. The SMILES string of the molecule is CC(C)NS(=O)(=O)c1ccc(NC(=O)c2ccco2)cc1. The van der Waals surface area contributed by atoms with Crippen LogP contribution >= 0.6 is 0 Å². The summed E-state index contributed by atoms with van der Waals surface area (Å²) in [7, 11) is -3.53. The lowest BCUT2D eigenvalue weighted by Gasteiger charge is -2.10. The van der Waals surface area contributed by atoms with E-state index in [1.54, 1.807) is 26.0 Å². The van der Waals surface area contributed by atoms with Crippen molar-refractivity contribution in [1.82, 2.24) is 4.72 Å². The maximum atomic E-state index is 11.9. The maximum absolute atomic E-state index is 11.9. The van der Waals surface area contributed by atoms with Gasteiger partial charge in [-0.05, 0) is 50.2 Å². The molecule has 1 aromatic carbocycles. The van der Waals surface area contributed by atoms with Gasteiger partial charge in [0.15, 0.2) is 5.76 Å². The third kappa shape index (κ3) is 3.93. The van der Waals surface area contributed by atoms with Crippen LogP contribution in [-0.2, 0) is 10.0 Å². The number of sulfonamides is 1. The lowest BCUT2D eigenvalue weighted by Crippen LogP contribution is -2.30. The Hall–Kier alpha value is -2.12. The van der Waals surface area contributed by atoms with Gasteiger partial charge in [-0.15, -0.1) is 0 Å². The number of carbonyl (C=O) groups is 1. The fourth-order valence-electron chi connectivity index (χ4n) is 1.70. The predicted molar refractivity (Wildman–Crippen MR) is 78.6 cm³/mol. The molecule has 21 heavy (non-hydrogen) atoms. The largest absolute Gasteiger partial charge is 0.459 e. The van der Waals surface area contributed by atoms with Crippen LogP contribution in [-0.4, -0.2) is 20.4 Å². The van der Waals surface area contributed by atoms with Crippen molar-refractivity contribution in [2.24, 2.45) is 0 Å². The fourth-order valence-corrected chi connectivity index (χ4v) is 2.95. The standard InChI is InChI=1S/C14H16N2O4S/c1-10(2)16-21(18,19)12-7-5-11(6-8-12)15-14(17)13-4-3-9-20-13/h3-10,16H,1-2H3,(H,15,17). The summed E-state index contributed by atoms with van der Waals surface area (Å²) in [6.07, 6.45) is 1.40. The van der Waals surface area contributed by atoms with Crippen molar-refractivity contribution >= 4 is 21.6 Å². The quantitative estimate of drug-likeness (QED) is 0.886. The third-order valence-electron chi connectivity index (χ3n) is 2.56. The number of nitrogens with one attached hydrogen (secondary N) is 2.